The van der Waals surface area contributed by atoms with Gasteiger partial charge in [-0.2, -0.15) is 0 Å². The lowest BCUT2D eigenvalue weighted by atomic mass is 10.3. The van der Waals surface area contributed by atoms with Crippen LogP contribution < -0.4 is 5.56 Å². The minimum atomic E-state index is -0.555. The fourth-order valence-corrected chi connectivity index (χ4v) is 1.18. The van der Waals surface area contributed by atoms with Crippen molar-refractivity contribution in [1.29, 1.82) is 0 Å². The minimum Gasteiger partial charge on any atom is -0.461 e. The highest BCUT2D eigenvalue weighted by atomic mass is 32.1. The van der Waals surface area contributed by atoms with Gasteiger partial charge in [0.15, 0.2) is 4.77 Å². The number of H-pyrrole nitrogens is 2. The molecule has 2 N–H and O–H groups in total. The van der Waals surface area contributed by atoms with E-state index in [0.29, 0.717) is 6.61 Å². The molecule has 0 aromatic carbocycles. The van der Waals surface area contributed by atoms with Crippen LogP contribution in [0, 0.1) is 4.77 Å². The number of aromatic nitrogens is 2. The summed E-state index contributed by atoms with van der Waals surface area (Å²) in [4.78, 5) is 27.3. The number of carbonyl (C=O) groups is 1. The van der Waals surface area contributed by atoms with Crippen LogP contribution >= 0.6 is 12.2 Å². The lowest BCUT2D eigenvalue weighted by Gasteiger charge is -2.02. The molecule has 0 fully saturated rings. The molecular formula is C9H12N2O3S. The predicted octanol–water partition coefficient (Wildman–Crippen LogP) is 1.39. The first-order valence-electron chi connectivity index (χ1n) is 4.64. The monoisotopic (exact) mass is 228 g/mol. The van der Waals surface area contributed by atoms with Gasteiger partial charge in [0.25, 0.3) is 5.56 Å². The smallest absolute Gasteiger partial charge is 0.355 e. The predicted molar refractivity (Wildman–Crippen MR) is 57.4 cm³/mol. The van der Waals surface area contributed by atoms with Crippen molar-refractivity contribution in [2.24, 2.45) is 0 Å². The summed E-state index contributed by atoms with van der Waals surface area (Å²) in [7, 11) is 0. The van der Waals surface area contributed by atoms with Gasteiger partial charge in [0.1, 0.15) is 5.69 Å². The zero-order chi connectivity index (χ0) is 11.3. The Balaban J connectivity index is 2.74. The topological polar surface area (TPSA) is 75.0 Å². The summed E-state index contributed by atoms with van der Waals surface area (Å²) in [5.74, 6) is -0.555. The van der Waals surface area contributed by atoms with Gasteiger partial charge in [-0.25, -0.2) is 4.79 Å². The highest BCUT2D eigenvalue weighted by molar-refractivity contribution is 7.71. The average Bonchev–Trinajstić information content (AvgIpc) is 2.16. The maximum Gasteiger partial charge on any atom is 0.355 e. The van der Waals surface area contributed by atoms with Crippen molar-refractivity contribution in [1.82, 2.24) is 9.97 Å². The molecule has 0 aliphatic carbocycles. The Kier molecular flexibility index (Phi) is 4.23. The summed E-state index contributed by atoms with van der Waals surface area (Å²) in [5.41, 5.74) is -0.332. The largest absolute Gasteiger partial charge is 0.461 e. The molecular weight excluding hydrogens is 216 g/mol. The lowest BCUT2D eigenvalue weighted by Crippen LogP contribution is -2.15. The molecule has 1 heterocycles. The van der Waals surface area contributed by atoms with Crippen molar-refractivity contribution >= 4 is 18.2 Å². The van der Waals surface area contributed by atoms with Crippen molar-refractivity contribution in [2.45, 2.75) is 19.8 Å². The summed E-state index contributed by atoms with van der Waals surface area (Å²) in [6.07, 6.45) is 1.74. The Morgan fingerprint density at radius 1 is 1.53 bits per heavy atom. The highest BCUT2D eigenvalue weighted by Crippen LogP contribution is 1.96. The fourth-order valence-electron chi connectivity index (χ4n) is 0.966. The van der Waals surface area contributed by atoms with E-state index >= 15 is 0 Å². The van der Waals surface area contributed by atoms with Crippen LogP contribution in [-0.2, 0) is 4.74 Å². The van der Waals surface area contributed by atoms with Gasteiger partial charge in [0, 0.05) is 6.07 Å². The number of aromatic amines is 2. The fraction of sp³-hybridized carbons (Fsp3) is 0.444. The quantitative estimate of drug-likeness (QED) is 0.464. The van der Waals surface area contributed by atoms with E-state index in [1.54, 1.807) is 0 Å². The zero-order valence-corrected chi connectivity index (χ0v) is 9.15. The molecule has 1 aromatic rings. The Morgan fingerprint density at radius 2 is 2.27 bits per heavy atom. The number of carbonyl (C=O) groups excluding carboxylic acids is 1. The van der Waals surface area contributed by atoms with Crippen molar-refractivity contribution < 1.29 is 9.53 Å². The molecule has 0 aliphatic rings. The van der Waals surface area contributed by atoms with Gasteiger partial charge in [-0.1, -0.05) is 13.3 Å². The van der Waals surface area contributed by atoms with Gasteiger partial charge in [-0.3, -0.25) is 9.78 Å². The number of esters is 1. The second-order valence-electron chi connectivity index (χ2n) is 2.99. The molecule has 0 bridgehead atoms. The van der Waals surface area contributed by atoms with E-state index < -0.39 is 11.5 Å². The van der Waals surface area contributed by atoms with Crippen LogP contribution in [0.2, 0.25) is 0 Å². The van der Waals surface area contributed by atoms with Crippen LogP contribution in [0.4, 0.5) is 0 Å². The highest BCUT2D eigenvalue weighted by Gasteiger charge is 2.07. The van der Waals surface area contributed by atoms with Gasteiger partial charge < -0.3 is 9.72 Å². The summed E-state index contributed by atoms with van der Waals surface area (Å²) in [5, 5.41) is 0. The number of hydrogen-bond acceptors (Lipinski definition) is 4. The van der Waals surface area contributed by atoms with Crippen molar-refractivity contribution in [2.75, 3.05) is 6.61 Å². The maximum atomic E-state index is 11.4. The van der Waals surface area contributed by atoms with Crippen molar-refractivity contribution in [3.63, 3.8) is 0 Å². The number of nitrogens with one attached hydrogen (secondary N) is 2. The maximum absolute atomic E-state index is 11.4. The second kappa shape index (κ2) is 5.45. The van der Waals surface area contributed by atoms with E-state index in [1.165, 1.54) is 0 Å². The molecule has 0 saturated carbocycles. The number of unbranched alkanes of at least 4 members (excludes halogenated alkanes) is 1. The molecule has 5 nitrogen and oxygen atoms in total. The van der Waals surface area contributed by atoms with E-state index in [-0.39, 0.29) is 10.5 Å². The lowest BCUT2D eigenvalue weighted by molar-refractivity contribution is 0.0492. The van der Waals surface area contributed by atoms with Gasteiger partial charge in [-0.15, -0.1) is 0 Å². The Labute approximate surface area is 91.5 Å². The van der Waals surface area contributed by atoms with Crippen LogP contribution in [0.15, 0.2) is 10.9 Å². The van der Waals surface area contributed by atoms with E-state index in [2.05, 4.69) is 9.97 Å². The van der Waals surface area contributed by atoms with Crippen LogP contribution in [0.5, 0.6) is 0 Å². The van der Waals surface area contributed by atoms with Crippen LogP contribution in [0.25, 0.3) is 0 Å². The molecule has 0 radical (unpaired) electrons. The Hall–Kier alpha value is -1.43. The average molecular weight is 228 g/mol. The number of rotatable bonds is 4. The molecule has 0 amide bonds. The molecule has 0 saturated heterocycles. The van der Waals surface area contributed by atoms with Crippen molar-refractivity contribution in [3.05, 3.63) is 26.9 Å². The summed E-state index contributed by atoms with van der Waals surface area (Å²) in [6.45, 7) is 2.34. The first-order chi connectivity index (χ1) is 7.13. The molecule has 15 heavy (non-hydrogen) atoms. The van der Waals surface area contributed by atoms with E-state index in [9.17, 15) is 9.59 Å². The summed E-state index contributed by atoms with van der Waals surface area (Å²) >= 11 is 4.72. The minimum absolute atomic E-state index is 0.0832. The molecule has 0 unspecified atom stereocenters. The molecule has 82 valence electrons. The molecule has 0 spiro atoms. The number of ether oxygens (including phenoxy) is 1. The van der Waals surface area contributed by atoms with Gasteiger partial charge in [0.2, 0.25) is 0 Å². The standard InChI is InChI=1S/C9H12N2O3S/c1-2-3-4-14-8(13)6-5-7(12)11-9(15)10-6/h5H,2-4H2,1H3,(H2,10,11,12,15). The Morgan fingerprint density at radius 3 is 2.87 bits per heavy atom. The van der Waals surface area contributed by atoms with Gasteiger partial charge in [-0.05, 0) is 18.6 Å². The summed E-state index contributed by atoms with van der Waals surface area (Å²) in [6, 6.07) is 1.13. The van der Waals surface area contributed by atoms with E-state index in [1.807, 2.05) is 6.92 Å². The molecule has 1 rings (SSSR count). The van der Waals surface area contributed by atoms with Crippen molar-refractivity contribution in [3.8, 4) is 0 Å². The third kappa shape index (κ3) is 3.67. The third-order valence-corrected chi connectivity index (χ3v) is 1.92. The van der Waals surface area contributed by atoms with E-state index in [0.717, 1.165) is 18.9 Å². The van der Waals surface area contributed by atoms with Crippen LogP contribution in [-0.4, -0.2) is 22.5 Å². The first kappa shape index (κ1) is 11.6. The first-order valence-corrected chi connectivity index (χ1v) is 5.05. The number of hydrogen-bond donors (Lipinski definition) is 2. The van der Waals surface area contributed by atoms with Gasteiger partial charge >= 0.3 is 5.97 Å². The van der Waals surface area contributed by atoms with Gasteiger partial charge in [0.05, 0.1) is 6.61 Å². The Bertz CT molecular complexity index is 421. The normalized spacial score (nSPS) is 9.93. The second-order valence-corrected chi connectivity index (χ2v) is 3.40. The SMILES string of the molecule is CCCCOC(=O)c1cc(=O)[nH]c(=S)[nH]1. The molecule has 0 atom stereocenters. The zero-order valence-electron chi connectivity index (χ0n) is 8.33. The third-order valence-electron chi connectivity index (χ3n) is 1.71. The summed E-state index contributed by atoms with van der Waals surface area (Å²) < 4.78 is 5.02. The van der Waals surface area contributed by atoms with E-state index in [4.69, 9.17) is 17.0 Å². The molecule has 6 heteroatoms. The molecule has 0 aliphatic heterocycles. The molecule has 1 aromatic heterocycles. The van der Waals surface area contributed by atoms with Crippen LogP contribution in [0.1, 0.15) is 30.3 Å². The van der Waals surface area contributed by atoms with Crippen LogP contribution in [0.3, 0.4) is 0 Å².